The fourth-order valence-corrected chi connectivity index (χ4v) is 1.81. The Balaban J connectivity index is 1.98. The minimum Gasteiger partial charge on any atom is -0.490 e. The number of anilines is 1. The Labute approximate surface area is 127 Å². The van der Waals surface area contributed by atoms with E-state index in [0.29, 0.717) is 30.4 Å². The summed E-state index contributed by atoms with van der Waals surface area (Å²) in [6.45, 7) is 0.771. The maximum Gasteiger partial charge on any atom is 0.342 e. The van der Waals surface area contributed by atoms with E-state index in [0.717, 1.165) is 13.5 Å². The average Bonchev–Trinajstić information content (AvgIpc) is 2.76. The molecule has 1 aliphatic rings. The molecule has 8 heteroatoms. The molecule has 0 aromatic heterocycles. The Morgan fingerprint density at radius 1 is 1.45 bits per heavy atom. The van der Waals surface area contributed by atoms with Crippen LogP contribution in [0.15, 0.2) is 23.2 Å². The highest BCUT2D eigenvalue weighted by atomic mass is 19.1. The zero-order valence-electron chi connectivity index (χ0n) is 12.2. The van der Waals surface area contributed by atoms with Gasteiger partial charge in [0.15, 0.2) is 17.5 Å². The van der Waals surface area contributed by atoms with Crippen molar-refractivity contribution in [2.75, 3.05) is 32.2 Å². The number of benzene rings is 1. The number of hydrogen-bond acceptors (Lipinski definition) is 5. The van der Waals surface area contributed by atoms with Crippen LogP contribution in [0.5, 0.6) is 11.5 Å². The quantitative estimate of drug-likeness (QED) is 0.491. The Kier molecular flexibility index (Phi) is 5.40. The van der Waals surface area contributed by atoms with Crippen molar-refractivity contribution in [1.29, 1.82) is 0 Å². The van der Waals surface area contributed by atoms with Gasteiger partial charge < -0.3 is 25.3 Å². The molecule has 0 saturated heterocycles. The summed E-state index contributed by atoms with van der Waals surface area (Å²) in [7, 11) is 1.11. The minimum atomic E-state index is -1.84. The van der Waals surface area contributed by atoms with Gasteiger partial charge in [-0.2, -0.15) is 0 Å². The van der Waals surface area contributed by atoms with Crippen LogP contribution in [0.25, 0.3) is 0 Å². The summed E-state index contributed by atoms with van der Waals surface area (Å²) in [6.07, 6.45) is -1.03. The van der Waals surface area contributed by atoms with Gasteiger partial charge in [-0.3, -0.25) is 0 Å². The molecule has 0 aliphatic carbocycles. The third kappa shape index (κ3) is 4.24. The van der Waals surface area contributed by atoms with Crippen LogP contribution in [0.3, 0.4) is 0 Å². The van der Waals surface area contributed by atoms with Gasteiger partial charge in [-0.05, 0) is 12.1 Å². The van der Waals surface area contributed by atoms with E-state index in [1.54, 1.807) is 18.2 Å². The lowest BCUT2D eigenvalue weighted by atomic mass is 10.3. The van der Waals surface area contributed by atoms with Crippen LogP contribution in [-0.4, -0.2) is 45.0 Å². The first-order valence-corrected chi connectivity index (χ1v) is 6.78. The standard InChI is InChI=1S/C14H18FN3O4/c1-20-13(19)10(15)8-17-14(16)18-9-3-4-11-12(7-9)22-6-2-5-21-11/h3-4,7,10H,2,5-6,8H2,1H3,(H3,16,17,18). The smallest absolute Gasteiger partial charge is 0.342 e. The van der Waals surface area contributed by atoms with Crippen molar-refractivity contribution in [3.63, 3.8) is 0 Å². The molecule has 2 rings (SSSR count). The molecule has 0 amide bonds. The van der Waals surface area contributed by atoms with Crippen LogP contribution >= 0.6 is 0 Å². The van der Waals surface area contributed by atoms with E-state index < -0.39 is 18.7 Å². The molecule has 1 atom stereocenters. The van der Waals surface area contributed by atoms with Crippen molar-refractivity contribution < 1.29 is 23.4 Å². The maximum atomic E-state index is 13.3. The summed E-state index contributed by atoms with van der Waals surface area (Å²) < 4.78 is 28.6. The Hall–Kier alpha value is -2.51. The Bertz CT molecular complexity index is 565. The molecule has 0 radical (unpaired) electrons. The minimum absolute atomic E-state index is 0.0129. The molecule has 0 bridgehead atoms. The second kappa shape index (κ2) is 7.48. The lowest BCUT2D eigenvalue weighted by Crippen LogP contribution is -2.26. The molecule has 1 heterocycles. The predicted molar refractivity (Wildman–Crippen MR) is 79.1 cm³/mol. The number of hydrogen-bond donors (Lipinski definition) is 2. The van der Waals surface area contributed by atoms with Crippen LogP contribution in [0.2, 0.25) is 0 Å². The number of nitrogens with one attached hydrogen (secondary N) is 1. The molecule has 1 unspecified atom stereocenters. The first kappa shape index (κ1) is 15.9. The van der Waals surface area contributed by atoms with Crippen molar-refractivity contribution in [2.24, 2.45) is 10.7 Å². The van der Waals surface area contributed by atoms with Gasteiger partial charge in [0, 0.05) is 18.2 Å². The highest BCUT2D eigenvalue weighted by molar-refractivity contribution is 5.92. The molecular formula is C14H18FN3O4. The average molecular weight is 311 g/mol. The number of carbonyl (C=O) groups excluding carboxylic acids is 1. The maximum absolute atomic E-state index is 13.3. The van der Waals surface area contributed by atoms with Gasteiger partial charge in [0.25, 0.3) is 0 Å². The number of esters is 1. The van der Waals surface area contributed by atoms with Gasteiger partial charge in [-0.15, -0.1) is 0 Å². The summed E-state index contributed by atoms with van der Waals surface area (Å²) >= 11 is 0. The lowest BCUT2D eigenvalue weighted by Gasteiger charge is -2.11. The first-order chi connectivity index (χ1) is 10.6. The van der Waals surface area contributed by atoms with Crippen LogP contribution in [-0.2, 0) is 9.53 Å². The molecule has 1 aromatic rings. The largest absolute Gasteiger partial charge is 0.490 e. The second-order valence-corrected chi connectivity index (χ2v) is 4.55. The predicted octanol–water partition coefficient (Wildman–Crippen LogP) is 1.09. The summed E-state index contributed by atoms with van der Waals surface area (Å²) in [5.74, 6) is 0.273. The van der Waals surface area contributed by atoms with Crippen molar-refractivity contribution in [2.45, 2.75) is 12.6 Å². The van der Waals surface area contributed by atoms with Crippen molar-refractivity contribution in [1.82, 2.24) is 0 Å². The van der Waals surface area contributed by atoms with Gasteiger partial charge >= 0.3 is 5.97 Å². The van der Waals surface area contributed by atoms with Gasteiger partial charge in [0.2, 0.25) is 6.17 Å². The number of nitrogens with zero attached hydrogens (tertiary/aromatic N) is 1. The highest BCUT2D eigenvalue weighted by Crippen LogP contribution is 2.32. The third-order valence-corrected chi connectivity index (χ3v) is 2.90. The number of rotatable bonds is 4. The van der Waals surface area contributed by atoms with Gasteiger partial charge in [0.1, 0.15) is 0 Å². The third-order valence-electron chi connectivity index (χ3n) is 2.90. The number of aliphatic imine (C=N–C) groups is 1. The van der Waals surface area contributed by atoms with Crippen LogP contribution in [0, 0.1) is 0 Å². The van der Waals surface area contributed by atoms with E-state index in [1.807, 2.05) is 0 Å². The molecule has 0 fully saturated rings. The van der Waals surface area contributed by atoms with Crippen molar-refractivity contribution >= 4 is 17.6 Å². The molecule has 3 N–H and O–H groups in total. The monoisotopic (exact) mass is 311 g/mol. The van der Waals surface area contributed by atoms with E-state index in [4.69, 9.17) is 15.2 Å². The highest BCUT2D eigenvalue weighted by Gasteiger charge is 2.17. The molecule has 0 spiro atoms. The first-order valence-electron chi connectivity index (χ1n) is 6.78. The molecule has 0 saturated carbocycles. The van der Waals surface area contributed by atoms with E-state index >= 15 is 0 Å². The Morgan fingerprint density at radius 2 is 2.18 bits per heavy atom. The second-order valence-electron chi connectivity index (χ2n) is 4.55. The molecule has 22 heavy (non-hydrogen) atoms. The van der Waals surface area contributed by atoms with Crippen LogP contribution < -0.4 is 20.5 Å². The summed E-state index contributed by atoms with van der Waals surface area (Å²) in [5.41, 5.74) is 6.27. The number of ether oxygens (including phenoxy) is 3. The number of nitrogens with two attached hydrogens (primary N) is 1. The Morgan fingerprint density at radius 3 is 2.91 bits per heavy atom. The fraction of sp³-hybridized carbons (Fsp3) is 0.429. The molecular weight excluding hydrogens is 293 g/mol. The van der Waals surface area contributed by atoms with Gasteiger partial charge in [0.05, 0.1) is 26.9 Å². The van der Waals surface area contributed by atoms with E-state index in [2.05, 4.69) is 15.0 Å². The molecule has 1 aliphatic heterocycles. The molecule has 120 valence electrons. The topological polar surface area (TPSA) is 95.2 Å². The number of alkyl halides is 1. The number of halogens is 1. The fourth-order valence-electron chi connectivity index (χ4n) is 1.81. The van der Waals surface area contributed by atoms with E-state index in [-0.39, 0.29) is 5.96 Å². The number of guanidine groups is 1. The normalized spacial score (nSPS) is 15.6. The van der Waals surface area contributed by atoms with Crippen molar-refractivity contribution in [3.8, 4) is 11.5 Å². The summed E-state index contributed by atoms with van der Waals surface area (Å²) in [4.78, 5) is 14.7. The van der Waals surface area contributed by atoms with Gasteiger partial charge in [-0.1, -0.05) is 0 Å². The van der Waals surface area contributed by atoms with Crippen LogP contribution in [0.4, 0.5) is 10.1 Å². The van der Waals surface area contributed by atoms with Crippen molar-refractivity contribution in [3.05, 3.63) is 18.2 Å². The summed E-state index contributed by atoms with van der Waals surface area (Å²) in [6, 6.07) is 5.21. The van der Waals surface area contributed by atoms with E-state index in [9.17, 15) is 9.18 Å². The number of methoxy groups -OCH3 is 1. The summed E-state index contributed by atoms with van der Waals surface area (Å²) in [5, 5.41) is 2.80. The molecule has 7 nitrogen and oxygen atoms in total. The zero-order chi connectivity index (χ0) is 15.9. The molecule has 1 aromatic carbocycles. The van der Waals surface area contributed by atoms with E-state index in [1.165, 1.54) is 0 Å². The lowest BCUT2D eigenvalue weighted by molar-refractivity contribution is -0.146. The zero-order valence-corrected chi connectivity index (χ0v) is 12.2. The number of fused-ring (bicyclic) bond motifs is 1. The van der Waals surface area contributed by atoms with Gasteiger partial charge in [-0.25, -0.2) is 14.2 Å². The SMILES string of the molecule is COC(=O)C(F)CN=C(N)Nc1ccc2c(c1)OCCCO2. The van der Waals surface area contributed by atoms with Crippen LogP contribution in [0.1, 0.15) is 6.42 Å². The number of carbonyl (C=O) groups is 1.